The molecule has 0 bridgehead atoms. The van der Waals surface area contributed by atoms with Crippen LogP contribution < -0.4 is 0 Å². The maximum Gasteiger partial charge on any atom is 0.356 e. The summed E-state index contributed by atoms with van der Waals surface area (Å²) in [4.78, 5) is 15.9. The van der Waals surface area contributed by atoms with Gasteiger partial charge in [-0.05, 0) is 19.1 Å². The molecule has 1 N–H and O–H groups in total. The minimum atomic E-state index is -1.10. The zero-order chi connectivity index (χ0) is 10.8. The Kier molecular flexibility index (Phi) is 2.17. The molecule has 0 saturated heterocycles. The van der Waals surface area contributed by atoms with Crippen LogP contribution in [0.4, 0.5) is 0 Å². The molecule has 76 valence electrons. The summed E-state index contributed by atoms with van der Waals surface area (Å²) in [5.74, 6) is -1.10. The van der Waals surface area contributed by atoms with Crippen molar-refractivity contribution in [1.29, 1.82) is 0 Å². The molecule has 0 aliphatic heterocycles. The second-order valence-corrected chi connectivity index (χ2v) is 2.95. The molecule has 6 nitrogen and oxygen atoms in total. The Morgan fingerprint density at radius 1 is 1.53 bits per heavy atom. The quantitative estimate of drug-likeness (QED) is 0.777. The lowest BCUT2D eigenvalue weighted by molar-refractivity contribution is 0.0690. The second-order valence-electron chi connectivity index (χ2n) is 2.95. The van der Waals surface area contributed by atoms with Gasteiger partial charge in [-0.25, -0.2) is 9.78 Å². The number of carboxylic acid groups (broad SMARTS) is 1. The molecule has 2 aromatic rings. The summed E-state index contributed by atoms with van der Waals surface area (Å²) in [6.07, 6.45) is 2.97. The number of hydrogen-bond acceptors (Lipinski definition) is 4. The van der Waals surface area contributed by atoms with Crippen molar-refractivity contribution in [2.45, 2.75) is 6.92 Å². The monoisotopic (exact) mass is 204 g/mol. The van der Waals surface area contributed by atoms with Gasteiger partial charge in [-0.3, -0.25) is 0 Å². The van der Waals surface area contributed by atoms with Crippen LogP contribution in [0.15, 0.2) is 24.5 Å². The second kappa shape index (κ2) is 3.49. The number of rotatable bonds is 2. The summed E-state index contributed by atoms with van der Waals surface area (Å²) in [7, 11) is 0. The number of carboxylic acids is 1. The van der Waals surface area contributed by atoms with Crippen molar-refractivity contribution in [2.24, 2.45) is 0 Å². The normalized spacial score (nSPS) is 10.2. The molecule has 2 aromatic heterocycles. The first kappa shape index (κ1) is 9.32. The fourth-order valence-corrected chi connectivity index (χ4v) is 1.18. The molecule has 0 atom stereocenters. The molecule has 0 amide bonds. The lowest BCUT2D eigenvalue weighted by atomic mass is 10.3. The standard InChI is InChI=1S/C9H8N4O2/c1-6-5-11-13(12-6)7-3-2-4-10-8(7)9(14)15/h2-5H,1H3,(H,14,15). The van der Waals surface area contributed by atoms with Crippen LogP contribution in [0.5, 0.6) is 0 Å². The van der Waals surface area contributed by atoms with E-state index in [1.165, 1.54) is 11.0 Å². The van der Waals surface area contributed by atoms with Gasteiger partial charge in [0.1, 0.15) is 5.69 Å². The fraction of sp³-hybridized carbons (Fsp3) is 0.111. The third kappa shape index (κ3) is 1.69. The molecule has 0 radical (unpaired) electrons. The van der Waals surface area contributed by atoms with Gasteiger partial charge in [0.25, 0.3) is 0 Å². The third-order valence-electron chi connectivity index (χ3n) is 1.81. The number of aromatic nitrogens is 4. The molecule has 15 heavy (non-hydrogen) atoms. The van der Waals surface area contributed by atoms with E-state index in [4.69, 9.17) is 5.11 Å². The predicted octanol–water partition coefficient (Wildman–Crippen LogP) is 0.669. The topological polar surface area (TPSA) is 80.9 Å². The summed E-state index contributed by atoms with van der Waals surface area (Å²) in [6.45, 7) is 1.78. The van der Waals surface area contributed by atoms with Crippen molar-refractivity contribution in [1.82, 2.24) is 20.0 Å². The van der Waals surface area contributed by atoms with E-state index in [2.05, 4.69) is 15.2 Å². The van der Waals surface area contributed by atoms with E-state index in [1.807, 2.05) is 0 Å². The summed E-state index contributed by atoms with van der Waals surface area (Å²) in [6, 6.07) is 3.25. The molecule has 0 aliphatic rings. The fourth-order valence-electron chi connectivity index (χ4n) is 1.18. The van der Waals surface area contributed by atoms with Crippen molar-refractivity contribution in [3.05, 3.63) is 35.9 Å². The van der Waals surface area contributed by atoms with Gasteiger partial charge in [-0.1, -0.05) is 0 Å². The minimum absolute atomic E-state index is 0.0619. The van der Waals surface area contributed by atoms with E-state index in [-0.39, 0.29) is 5.69 Å². The Hall–Kier alpha value is -2.24. The van der Waals surface area contributed by atoms with Crippen LogP contribution in [0.1, 0.15) is 16.2 Å². The van der Waals surface area contributed by atoms with E-state index in [9.17, 15) is 4.79 Å². The van der Waals surface area contributed by atoms with Gasteiger partial charge in [0.2, 0.25) is 0 Å². The zero-order valence-electron chi connectivity index (χ0n) is 7.95. The zero-order valence-corrected chi connectivity index (χ0v) is 7.95. The van der Waals surface area contributed by atoms with Crippen molar-refractivity contribution in [3.63, 3.8) is 0 Å². The Morgan fingerprint density at radius 3 is 2.93 bits per heavy atom. The Balaban J connectivity index is 2.57. The number of aryl methyl sites for hydroxylation is 1. The number of pyridine rings is 1. The van der Waals surface area contributed by atoms with E-state index >= 15 is 0 Å². The van der Waals surface area contributed by atoms with E-state index in [0.717, 1.165) is 5.69 Å². The highest BCUT2D eigenvalue weighted by molar-refractivity contribution is 5.89. The Bertz CT molecular complexity index is 506. The largest absolute Gasteiger partial charge is 0.476 e. The van der Waals surface area contributed by atoms with Crippen molar-refractivity contribution in [3.8, 4) is 5.69 Å². The first-order chi connectivity index (χ1) is 7.18. The van der Waals surface area contributed by atoms with E-state index in [1.54, 1.807) is 25.3 Å². The number of carbonyl (C=O) groups is 1. The Morgan fingerprint density at radius 2 is 2.33 bits per heavy atom. The van der Waals surface area contributed by atoms with Crippen molar-refractivity contribution in [2.75, 3.05) is 0 Å². The van der Waals surface area contributed by atoms with Crippen LogP contribution in [0.3, 0.4) is 0 Å². The molecule has 0 saturated carbocycles. The van der Waals surface area contributed by atoms with E-state index < -0.39 is 5.97 Å². The molecule has 0 fully saturated rings. The lowest BCUT2D eigenvalue weighted by Crippen LogP contribution is -2.09. The predicted molar refractivity (Wildman–Crippen MR) is 50.9 cm³/mol. The lowest BCUT2D eigenvalue weighted by Gasteiger charge is -2.02. The highest BCUT2D eigenvalue weighted by Crippen LogP contribution is 2.09. The van der Waals surface area contributed by atoms with E-state index in [0.29, 0.717) is 5.69 Å². The van der Waals surface area contributed by atoms with Gasteiger partial charge >= 0.3 is 5.97 Å². The first-order valence-electron chi connectivity index (χ1n) is 4.26. The van der Waals surface area contributed by atoms with Crippen LogP contribution in [0, 0.1) is 6.92 Å². The summed E-state index contributed by atoms with van der Waals surface area (Å²) in [5, 5.41) is 16.9. The van der Waals surface area contributed by atoms with Crippen LogP contribution in [-0.4, -0.2) is 31.1 Å². The van der Waals surface area contributed by atoms with Gasteiger partial charge in [0.05, 0.1) is 11.9 Å². The van der Waals surface area contributed by atoms with Gasteiger partial charge in [-0.15, -0.1) is 4.80 Å². The average molecular weight is 204 g/mol. The number of aromatic carboxylic acids is 1. The number of hydrogen-bond donors (Lipinski definition) is 1. The van der Waals surface area contributed by atoms with Gasteiger partial charge in [0.15, 0.2) is 5.69 Å². The highest BCUT2D eigenvalue weighted by Gasteiger charge is 2.13. The van der Waals surface area contributed by atoms with Crippen LogP contribution >= 0.6 is 0 Å². The Labute approximate surface area is 85.2 Å². The smallest absolute Gasteiger partial charge is 0.356 e. The molecule has 2 heterocycles. The van der Waals surface area contributed by atoms with Gasteiger partial charge in [0, 0.05) is 6.20 Å². The molecule has 2 rings (SSSR count). The van der Waals surface area contributed by atoms with Crippen LogP contribution in [0.25, 0.3) is 5.69 Å². The molecule has 0 spiro atoms. The number of nitrogens with zero attached hydrogens (tertiary/aromatic N) is 4. The van der Waals surface area contributed by atoms with Crippen molar-refractivity contribution < 1.29 is 9.90 Å². The maximum atomic E-state index is 10.9. The van der Waals surface area contributed by atoms with Crippen molar-refractivity contribution >= 4 is 5.97 Å². The molecule has 0 unspecified atom stereocenters. The highest BCUT2D eigenvalue weighted by atomic mass is 16.4. The molecular weight excluding hydrogens is 196 g/mol. The molecular formula is C9H8N4O2. The average Bonchev–Trinajstić information content (AvgIpc) is 2.65. The minimum Gasteiger partial charge on any atom is -0.476 e. The molecule has 0 aliphatic carbocycles. The molecule has 6 heteroatoms. The maximum absolute atomic E-state index is 10.9. The summed E-state index contributed by atoms with van der Waals surface area (Å²) >= 11 is 0. The SMILES string of the molecule is Cc1cnn(-c2cccnc2C(=O)O)n1. The van der Waals surface area contributed by atoms with Gasteiger partial charge < -0.3 is 5.11 Å². The van der Waals surface area contributed by atoms with Crippen LogP contribution in [-0.2, 0) is 0 Å². The molecule has 0 aromatic carbocycles. The third-order valence-corrected chi connectivity index (χ3v) is 1.81. The summed E-state index contributed by atoms with van der Waals surface area (Å²) in [5.41, 5.74) is 1.02. The van der Waals surface area contributed by atoms with Gasteiger partial charge in [-0.2, -0.15) is 10.2 Å². The first-order valence-corrected chi connectivity index (χ1v) is 4.26. The summed E-state index contributed by atoms with van der Waals surface area (Å²) < 4.78 is 0. The van der Waals surface area contributed by atoms with Crippen LogP contribution in [0.2, 0.25) is 0 Å².